The summed E-state index contributed by atoms with van der Waals surface area (Å²) in [5.41, 5.74) is 4.10. The zero-order valence-electron chi connectivity index (χ0n) is 13.7. The van der Waals surface area contributed by atoms with Gasteiger partial charge in [-0.25, -0.2) is 5.01 Å². The zero-order chi connectivity index (χ0) is 17.4. The minimum atomic E-state index is -0.349. The van der Waals surface area contributed by atoms with Gasteiger partial charge in [0.1, 0.15) is 0 Å². The smallest absolute Gasteiger partial charge is 0.269 e. The van der Waals surface area contributed by atoms with Gasteiger partial charge in [-0.2, -0.15) is 0 Å². The van der Waals surface area contributed by atoms with E-state index >= 15 is 0 Å². The maximum atomic E-state index is 12.9. The molecular formula is C20H19BrN2O2. The van der Waals surface area contributed by atoms with E-state index in [0.717, 1.165) is 35.7 Å². The molecule has 5 heteroatoms. The van der Waals surface area contributed by atoms with Crippen molar-refractivity contribution in [3.8, 4) is 0 Å². The fraction of sp³-hybridized carbons (Fsp3) is 0.300. The van der Waals surface area contributed by atoms with E-state index < -0.39 is 0 Å². The minimum absolute atomic E-state index is 0.0437. The first-order valence-electron chi connectivity index (χ1n) is 8.57. The van der Waals surface area contributed by atoms with Gasteiger partial charge in [0.2, 0.25) is 5.91 Å². The third-order valence-corrected chi connectivity index (χ3v) is 5.89. The van der Waals surface area contributed by atoms with E-state index in [9.17, 15) is 9.59 Å². The van der Waals surface area contributed by atoms with Crippen molar-refractivity contribution in [3.63, 3.8) is 0 Å². The Hall–Kier alpha value is -2.14. The lowest BCUT2D eigenvalue weighted by Crippen LogP contribution is -2.67. The normalized spacial score (nSPS) is 21.2. The Kier molecular flexibility index (Phi) is 4.12. The van der Waals surface area contributed by atoms with Crippen LogP contribution in [0.2, 0.25) is 0 Å². The van der Waals surface area contributed by atoms with Gasteiger partial charge in [-0.1, -0.05) is 59.1 Å². The summed E-state index contributed by atoms with van der Waals surface area (Å²) in [5.74, 6) is -0.203. The quantitative estimate of drug-likeness (QED) is 0.786. The number of halogens is 1. The number of nitrogens with zero attached hydrogens (tertiary/aromatic N) is 1. The molecule has 2 aliphatic rings. The van der Waals surface area contributed by atoms with Crippen LogP contribution in [0.25, 0.3) is 0 Å². The molecule has 2 amide bonds. The molecule has 2 aromatic carbocycles. The second-order valence-corrected chi connectivity index (χ2v) is 7.72. The van der Waals surface area contributed by atoms with E-state index in [4.69, 9.17) is 0 Å². The van der Waals surface area contributed by atoms with Gasteiger partial charge in [-0.15, -0.1) is 0 Å². The summed E-state index contributed by atoms with van der Waals surface area (Å²) in [7, 11) is 0. The maximum absolute atomic E-state index is 12.9. The van der Waals surface area contributed by atoms with Crippen molar-refractivity contribution < 1.29 is 9.59 Å². The van der Waals surface area contributed by atoms with Crippen LogP contribution in [0.1, 0.15) is 47.6 Å². The Labute approximate surface area is 155 Å². The van der Waals surface area contributed by atoms with Crippen LogP contribution in [0.3, 0.4) is 0 Å². The van der Waals surface area contributed by atoms with Crippen LogP contribution in [0.5, 0.6) is 0 Å². The van der Waals surface area contributed by atoms with E-state index in [1.165, 1.54) is 5.01 Å². The summed E-state index contributed by atoms with van der Waals surface area (Å²) in [6.07, 6.45) is 3.92. The molecule has 1 atom stereocenters. The predicted molar refractivity (Wildman–Crippen MR) is 98.5 cm³/mol. The van der Waals surface area contributed by atoms with Crippen LogP contribution >= 0.6 is 15.9 Å². The van der Waals surface area contributed by atoms with E-state index in [2.05, 4.69) is 21.4 Å². The maximum Gasteiger partial charge on any atom is 0.269 e. The molecule has 1 spiro atoms. The van der Waals surface area contributed by atoms with E-state index in [0.29, 0.717) is 5.56 Å². The highest BCUT2D eigenvalue weighted by molar-refractivity contribution is 9.10. The standard InChI is InChI=1S/C20H19BrN2O2/c21-16-10-8-14(9-11-16)17-20(12-4-5-13-20)19(25)23(17)22-18(24)15-6-2-1-3-7-15/h1-3,6-11,17H,4-5,12-13H2,(H,22,24). The van der Waals surface area contributed by atoms with Gasteiger partial charge >= 0.3 is 0 Å². The van der Waals surface area contributed by atoms with Crippen molar-refractivity contribution in [1.82, 2.24) is 10.4 Å². The molecule has 1 unspecified atom stereocenters. The fourth-order valence-corrected chi connectivity index (χ4v) is 4.40. The van der Waals surface area contributed by atoms with Crippen LogP contribution in [-0.4, -0.2) is 16.8 Å². The Morgan fingerprint density at radius 1 is 1.04 bits per heavy atom. The summed E-state index contributed by atoms with van der Waals surface area (Å²) >= 11 is 3.46. The van der Waals surface area contributed by atoms with Gasteiger partial charge in [-0.05, 0) is 42.7 Å². The number of carbonyl (C=O) groups excluding carboxylic acids is 2. The second kappa shape index (κ2) is 6.30. The van der Waals surface area contributed by atoms with Gasteiger partial charge in [0.05, 0.1) is 11.5 Å². The molecule has 0 bridgehead atoms. The van der Waals surface area contributed by atoms with Crippen LogP contribution in [0, 0.1) is 5.41 Å². The number of benzene rings is 2. The minimum Gasteiger partial charge on any atom is -0.272 e. The van der Waals surface area contributed by atoms with Crippen molar-refractivity contribution in [1.29, 1.82) is 0 Å². The van der Waals surface area contributed by atoms with Crippen molar-refractivity contribution in [2.45, 2.75) is 31.7 Å². The first-order chi connectivity index (χ1) is 12.1. The van der Waals surface area contributed by atoms with Gasteiger partial charge in [0.15, 0.2) is 0 Å². The number of hydrogen-bond acceptors (Lipinski definition) is 2. The number of amides is 2. The molecule has 2 fully saturated rings. The zero-order valence-corrected chi connectivity index (χ0v) is 15.3. The molecule has 2 aromatic rings. The highest BCUT2D eigenvalue weighted by Crippen LogP contribution is 2.58. The van der Waals surface area contributed by atoms with E-state index in [1.54, 1.807) is 12.1 Å². The molecule has 1 aliphatic heterocycles. The summed E-state index contributed by atoms with van der Waals surface area (Å²) in [6.45, 7) is 0. The molecule has 1 N–H and O–H groups in total. The van der Waals surface area contributed by atoms with Crippen LogP contribution in [-0.2, 0) is 4.79 Å². The molecule has 25 heavy (non-hydrogen) atoms. The number of hydrazine groups is 1. The Morgan fingerprint density at radius 3 is 2.32 bits per heavy atom. The second-order valence-electron chi connectivity index (χ2n) is 6.80. The van der Waals surface area contributed by atoms with Crippen molar-refractivity contribution in [2.75, 3.05) is 0 Å². The van der Waals surface area contributed by atoms with Crippen molar-refractivity contribution in [3.05, 3.63) is 70.2 Å². The molecule has 128 valence electrons. The van der Waals surface area contributed by atoms with Gasteiger partial charge in [-0.3, -0.25) is 15.0 Å². The van der Waals surface area contributed by atoms with Gasteiger partial charge < -0.3 is 0 Å². The summed E-state index contributed by atoms with van der Waals surface area (Å²) in [6, 6.07) is 16.9. The number of β-lactam (4-membered cyclic amide) rings is 1. The predicted octanol–water partition coefficient (Wildman–Crippen LogP) is 4.24. The molecule has 1 aliphatic carbocycles. The third kappa shape index (κ3) is 2.67. The van der Waals surface area contributed by atoms with Gasteiger partial charge in [0.25, 0.3) is 5.91 Å². The first-order valence-corrected chi connectivity index (χ1v) is 9.36. The van der Waals surface area contributed by atoms with Crippen LogP contribution in [0.15, 0.2) is 59.1 Å². The molecule has 4 nitrogen and oxygen atoms in total. The highest BCUT2D eigenvalue weighted by Gasteiger charge is 2.62. The lowest BCUT2D eigenvalue weighted by atomic mass is 9.67. The third-order valence-electron chi connectivity index (χ3n) is 5.37. The SMILES string of the molecule is O=C(NN1C(=O)C2(CCCC2)C1c1ccc(Br)cc1)c1ccccc1. The van der Waals surface area contributed by atoms with Crippen molar-refractivity contribution in [2.24, 2.45) is 5.41 Å². The molecule has 1 saturated heterocycles. The Balaban J connectivity index is 1.63. The number of hydrogen-bond donors (Lipinski definition) is 1. The topological polar surface area (TPSA) is 49.4 Å². The monoisotopic (exact) mass is 398 g/mol. The molecule has 0 radical (unpaired) electrons. The molecule has 1 heterocycles. The molecule has 4 rings (SSSR count). The number of rotatable bonds is 3. The summed E-state index contributed by atoms with van der Waals surface area (Å²) in [4.78, 5) is 25.4. The number of nitrogens with one attached hydrogen (secondary N) is 1. The lowest BCUT2D eigenvalue weighted by molar-refractivity contribution is -0.178. The average Bonchev–Trinajstić information content (AvgIpc) is 3.15. The lowest BCUT2D eigenvalue weighted by Gasteiger charge is -2.54. The molecule has 0 aromatic heterocycles. The Bertz CT molecular complexity index is 798. The molecular weight excluding hydrogens is 380 g/mol. The number of carbonyl (C=O) groups is 2. The van der Waals surface area contributed by atoms with Crippen LogP contribution < -0.4 is 5.43 Å². The van der Waals surface area contributed by atoms with E-state index in [1.807, 2.05) is 42.5 Å². The van der Waals surface area contributed by atoms with Crippen LogP contribution in [0.4, 0.5) is 0 Å². The summed E-state index contributed by atoms with van der Waals surface area (Å²) < 4.78 is 1.00. The average molecular weight is 399 g/mol. The first kappa shape index (κ1) is 16.3. The highest BCUT2D eigenvalue weighted by atomic mass is 79.9. The largest absolute Gasteiger partial charge is 0.272 e. The summed E-state index contributed by atoms with van der Waals surface area (Å²) in [5, 5.41) is 1.53. The van der Waals surface area contributed by atoms with Gasteiger partial charge in [0, 0.05) is 10.0 Å². The molecule has 1 saturated carbocycles. The Morgan fingerprint density at radius 2 is 1.68 bits per heavy atom. The fourth-order valence-electron chi connectivity index (χ4n) is 4.14. The van der Waals surface area contributed by atoms with E-state index in [-0.39, 0.29) is 23.3 Å². The van der Waals surface area contributed by atoms with Crippen molar-refractivity contribution >= 4 is 27.7 Å².